The largest absolute Gasteiger partial charge is 0.489 e. The Balaban J connectivity index is 1.32. The smallest absolute Gasteiger partial charge is 0.251 e. The number of ether oxygens (including phenoxy) is 1. The van der Waals surface area contributed by atoms with E-state index < -0.39 is 12.1 Å². The van der Waals surface area contributed by atoms with Crippen LogP contribution in [-0.2, 0) is 19.8 Å². The predicted octanol–water partition coefficient (Wildman–Crippen LogP) is 3.25. The highest BCUT2D eigenvalue weighted by Gasteiger charge is 2.27. The number of aliphatic hydroxyl groups excluding tert-OH is 2. The highest BCUT2D eigenvalue weighted by molar-refractivity contribution is 5.94. The lowest BCUT2D eigenvalue weighted by Crippen LogP contribution is -2.48. The highest BCUT2D eigenvalue weighted by Crippen LogP contribution is 2.18. The van der Waals surface area contributed by atoms with E-state index in [0.29, 0.717) is 43.2 Å². The molecule has 3 aromatic rings. The van der Waals surface area contributed by atoms with Crippen molar-refractivity contribution in [1.82, 2.24) is 10.2 Å². The van der Waals surface area contributed by atoms with Gasteiger partial charge in [0, 0.05) is 12.1 Å². The summed E-state index contributed by atoms with van der Waals surface area (Å²) in [6.45, 7) is 1.96. The zero-order valence-corrected chi connectivity index (χ0v) is 18.8. The molecule has 0 radical (unpaired) electrons. The zero-order chi connectivity index (χ0) is 23.9. The molecule has 1 aromatic heterocycles. The number of hydrogen-bond acceptors (Lipinski definition) is 6. The fourth-order valence-electron chi connectivity index (χ4n) is 4.02. The Morgan fingerprint density at radius 1 is 1.09 bits per heavy atom. The van der Waals surface area contributed by atoms with Gasteiger partial charge in [0.15, 0.2) is 0 Å². The summed E-state index contributed by atoms with van der Waals surface area (Å²) in [5, 5.41) is 22.7. The highest BCUT2D eigenvalue weighted by atomic mass is 19.1. The maximum Gasteiger partial charge on any atom is 0.251 e. The Kier molecular flexibility index (Phi) is 7.95. The van der Waals surface area contributed by atoms with Crippen molar-refractivity contribution in [2.75, 3.05) is 13.1 Å². The minimum absolute atomic E-state index is 0.145. The molecule has 1 aliphatic heterocycles. The molecule has 4 rings (SSSR count). The van der Waals surface area contributed by atoms with Crippen LogP contribution in [0.2, 0.25) is 0 Å². The molecule has 0 bridgehead atoms. The van der Waals surface area contributed by atoms with Crippen molar-refractivity contribution in [2.24, 2.45) is 0 Å². The molecule has 1 saturated heterocycles. The third kappa shape index (κ3) is 6.44. The van der Waals surface area contributed by atoms with Crippen LogP contribution in [0.4, 0.5) is 4.39 Å². The van der Waals surface area contributed by atoms with Crippen LogP contribution in [0.1, 0.15) is 40.3 Å². The number of halogens is 1. The second kappa shape index (κ2) is 11.3. The van der Waals surface area contributed by atoms with Crippen molar-refractivity contribution in [3.63, 3.8) is 0 Å². The Morgan fingerprint density at radius 3 is 2.53 bits per heavy atom. The first kappa shape index (κ1) is 23.9. The molecule has 1 aliphatic rings. The summed E-state index contributed by atoms with van der Waals surface area (Å²) in [5.41, 5.74) is 1.31. The van der Waals surface area contributed by atoms with Crippen LogP contribution in [-0.4, -0.2) is 46.3 Å². The van der Waals surface area contributed by atoms with Gasteiger partial charge in [0.05, 0.1) is 18.7 Å². The summed E-state index contributed by atoms with van der Waals surface area (Å²) in [7, 11) is 0. The lowest BCUT2D eigenvalue weighted by molar-refractivity contribution is 0.0794. The van der Waals surface area contributed by atoms with E-state index in [-0.39, 0.29) is 18.3 Å². The molecule has 0 spiro atoms. The number of aliphatic hydroxyl groups is 2. The van der Waals surface area contributed by atoms with Crippen LogP contribution >= 0.6 is 0 Å². The quantitative estimate of drug-likeness (QED) is 0.470. The summed E-state index contributed by atoms with van der Waals surface area (Å²) >= 11 is 0. The number of carbonyl (C=O) groups is 1. The molecule has 0 saturated carbocycles. The normalized spacial score (nSPS) is 18.9. The maximum atomic E-state index is 13.0. The number of carbonyl (C=O) groups excluding carboxylic acids is 1. The van der Waals surface area contributed by atoms with Crippen LogP contribution in [0, 0.1) is 5.82 Å². The lowest BCUT2D eigenvalue weighted by Gasteiger charge is -2.26. The molecule has 8 heteroatoms. The van der Waals surface area contributed by atoms with Crippen molar-refractivity contribution in [3.8, 4) is 5.75 Å². The van der Waals surface area contributed by atoms with Gasteiger partial charge in [-0.05, 0) is 73.5 Å². The van der Waals surface area contributed by atoms with Crippen LogP contribution in [0.25, 0.3) is 0 Å². The first-order valence-electron chi connectivity index (χ1n) is 11.4. The molecular weight excluding hydrogens is 439 g/mol. The minimum atomic E-state index is -0.642. The number of nitrogens with one attached hydrogen (secondary N) is 1. The summed E-state index contributed by atoms with van der Waals surface area (Å²) in [6, 6.07) is 16.0. The number of benzene rings is 2. The van der Waals surface area contributed by atoms with Gasteiger partial charge in [-0.15, -0.1) is 0 Å². The van der Waals surface area contributed by atoms with Crippen molar-refractivity contribution in [2.45, 2.75) is 44.7 Å². The lowest BCUT2D eigenvalue weighted by atomic mass is 10.1. The van der Waals surface area contributed by atoms with Crippen molar-refractivity contribution < 1.29 is 28.6 Å². The maximum absolute atomic E-state index is 13.0. The van der Waals surface area contributed by atoms with Crippen molar-refractivity contribution >= 4 is 5.91 Å². The second-order valence-electron chi connectivity index (χ2n) is 8.49. The molecule has 2 atom stereocenters. The summed E-state index contributed by atoms with van der Waals surface area (Å²) in [5.74, 6) is 1.29. The molecule has 1 fully saturated rings. The first-order chi connectivity index (χ1) is 16.5. The molecular formula is C26H29FN2O5. The van der Waals surface area contributed by atoms with E-state index in [1.165, 1.54) is 12.1 Å². The number of hydrogen-bond donors (Lipinski definition) is 3. The van der Waals surface area contributed by atoms with Gasteiger partial charge in [-0.1, -0.05) is 12.1 Å². The number of amides is 1. The summed E-state index contributed by atoms with van der Waals surface area (Å²) < 4.78 is 24.3. The molecule has 0 unspecified atom stereocenters. The Morgan fingerprint density at radius 2 is 1.82 bits per heavy atom. The third-order valence-electron chi connectivity index (χ3n) is 5.90. The Hall–Kier alpha value is -3.20. The van der Waals surface area contributed by atoms with Gasteiger partial charge >= 0.3 is 0 Å². The topological polar surface area (TPSA) is 95.2 Å². The Labute approximate surface area is 197 Å². The summed E-state index contributed by atoms with van der Waals surface area (Å²) in [4.78, 5) is 15.0. The van der Waals surface area contributed by atoms with Gasteiger partial charge in [0.1, 0.15) is 36.3 Å². The molecule has 3 N–H and O–H groups in total. The summed E-state index contributed by atoms with van der Waals surface area (Å²) in [6.07, 6.45) is 0.760. The SMILES string of the molecule is O=C(N[C@@H]1CN(Cc2ccc(CO)o2)CCC[C@H]1O)c1ccc(OCc2ccc(F)cc2)cc1. The molecule has 7 nitrogen and oxygen atoms in total. The number of nitrogens with zero attached hydrogens (tertiary/aromatic N) is 1. The second-order valence-corrected chi connectivity index (χ2v) is 8.49. The average Bonchev–Trinajstić information content (AvgIpc) is 3.23. The Bertz CT molecular complexity index is 1070. The molecule has 2 aromatic carbocycles. The fraction of sp³-hybridized carbons (Fsp3) is 0.346. The number of furan rings is 1. The first-order valence-corrected chi connectivity index (χ1v) is 11.4. The standard InChI is InChI=1S/C26H29FN2O5/c27-20-7-3-18(4-8-20)17-33-21-9-5-19(6-10-21)26(32)28-24-15-29(13-1-2-25(24)31)14-22-11-12-23(16-30)34-22/h3-12,24-25,30-31H,1-2,13-17H2,(H,28,32)/t24-,25-/m1/s1. The van der Waals surface area contributed by atoms with E-state index in [1.54, 1.807) is 42.5 Å². The van der Waals surface area contributed by atoms with Crippen molar-refractivity contribution in [3.05, 3.63) is 89.1 Å². The minimum Gasteiger partial charge on any atom is -0.489 e. The van der Waals surface area contributed by atoms with E-state index in [4.69, 9.17) is 9.15 Å². The van der Waals surface area contributed by atoms with E-state index in [0.717, 1.165) is 24.3 Å². The van der Waals surface area contributed by atoms with Gasteiger partial charge in [-0.3, -0.25) is 9.69 Å². The van der Waals surface area contributed by atoms with Crippen molar-refractivity contribution in [1.29, 1.82) is 0 Å². The zero-order valence-electron chi connectivity index (χ0n) is 18.8. The van der Waals surface area contributed by atoms with E-state index >= 15 is 0 Å². The number of rotatable bonds is 8. The molecule has 2 heterocycles. The molecule has 180 valence electrons. The van der Waals surface area contributed by atoms with E-state index in [9.17, 15) is 19.4 Å². The monoisotopic (exact) mass is 468 g/mol. The van der Waals surface area contributed by atoms with Gasteiger partial charge < -0.3 is 24.7 Å². The van der Waals surface area contributed by atoms with Crippen LogP contribution in [0.15, 0.2) is 65.1 Å². The van der Waals surface area contributed by atoms with Gasteiger partial charge in [0.2, 0.25) is 0 Å². The average molecular weight is 469 g/mol. The van der Waals surface area contributed by atoms with Gasteiger partial charge in [-0.2, -0.15) is 0 Å². The van der Waals surface area contributed by atoms with Crippen LogP contribution in [0.3, 0.4) is 0 Å². The van der Waals surface area contributed by atoms with E-state index in [2.05, 4.69) is 10.2 Å². The van der Waals surface area contributed by atoms with Gasteiger partial charge in [0.25, 0.3) is 5.91 Å². The molecule has 34 heavy (non-hydrogen) atoms. The number of likely N-dealkylation sites (tertiary alicyclic amines) is 1. The molecule has 1 amide bonds. The third-order valence-corrected chi connectivity index (χ3v) is 5.90. The van der Waals surface area contributed by atoms with Crippen LogP contribution < -0.4 is 10.1 Å². The molecule has 0 aliphatic carbocycles. The van der Waals surface area contributed by atoms with E-state index in [1.807, 2.05) is 6.07 Å². The van der Waals surface area contributed by atoms with Crippen LogP contribution in [0.5, 0.6) is 5.75 Å². The predicted molar refractivity (Wildman–Crippen MR) is 124 cm³/mol. The van der Waals surface area contributed by atoms with Gasteiger partial charge in [-0.25, -0.2) is 4.39 Å². The fourth-order valence-corrected chi connectivity index (χ4v) is 4.02.